The SMILES string of the molecule is CC(NC(=O)CCSc1nc2ccccc2s1)C1CC2CCC1C2. The van der Waals surface area contributed by atoms with Gasteiger partial charge in [-0.2, -0.15) is 0 Å². The van der Waals surface area contributed by atoms with Gasteiger partial charge in [0.15, 0.2) is 4.34 Å². The molecule has 1 aromatic carbocycles. The van der Waals surface area contributed by atoms with Crippen LogP contribution in [0.2, 0.25) is 0 Å². The molecule has 128 valence electrons. The summed E-state index contributed by atoms with van der Waals surface area (Å²) >= 11 is 3.40. The highest BCUT2D eigenvalue weighted by Crippen LogP contribution is 2.49. The van der Waals surface area contributed by atoms with E-state index in [0.29, 0.717) is 18.4 Å². The lowest BCUT2D eigenvalue weighted by molar-refractivity contribution is -0.121. The number of amides is 1. The second kappa shape index (κ2) is 7.04. The standard InChI is InChI=1S/C19H24N2OS2/c1-12(15-11-13-6-7-14(15)10-13)20-18(22)8-9-23-19-21-16-4-2-3-5-17(16)24-19/h2-5,12-15H,6-11H2,1H3,(H,20,22). The molecule has 0 aliphatic heterocycles. The van der Waals surface area contributed by atoms with E-state index in [-0.39, 0.29) is 5.91 Å². The zero-order valence-electron chi connectivity index (χ0n) is 14.0. The first-order chi connectivity index (χ1) is 11.7. The lowest BCUT2D eigenvalue weighted by Crippen LogP contribution is -2.40. The van der Waals surface area contributed by atoms with Crippen LogP contribution < -0.4 is 5.32 Å². The molecule has 2 aliphatic carbocycles. The summed E-state index contributed by atoms with van der Waals surface area (Å²) in [5.41, 5.74) is 1.05. The molecule has 1 N–H and O–H groups in total. The number of thioether (sulfide) groups is 1. The van der Waals surface area contributed by atoms with Crippen molar-refractivity contribution in [2.24, 2.45) is 17.8 Å². The summed E-state index contributed by atoms with van der Waals surface area (Å²) in [6.45, 7) is 2.20. The number of carbonyl (C=O) groups is 1. The van der Waals surface area contributed by atoms with Gasteiger partial charge in [-0.05, 0) is 56.1 Å². The molecule has 3 nitrogen and oxygen atoms in total. The van der Waals surface area contributed by atoms with Gasteiger partial charge in [0.25, 0.3) is 0 Å². The molecule has 2 bridgehead atoms. The lowest BCUT2D eigenvalue weighted by atomic mass is 9.84. The zero-order chi connectivity index (χ0) is 16.5. The Kier molecular flexibility index (Phi) is 4.81. The van der Waals surface area contributed by atoms with Crippen LogP contribution in [0.25, 0.3) is 10.2 Å². The monoisotopic (exact) mass is 360 g/mol. The van der Waals surface area contributed by atoms with Crippen LogP contribution >= 0.6 is 23.1 Å². The summed E-state index contributed by atoms with van der Waals surface area (Å²) in [4.78, 5) is 16.8. The summed E-state index contributed by atoms with van der Waals surface area (Å²) in [7, 11) is 0. The van der Waals surface area contributed by atoms with Crippen molar-refractivity contribution in [3.63, 3.8) is 0 Å². The normalized spacial score (nSPS) is 26.8. The van der Waals surface area contributed by atoms with E-state index in [1.165, 1.54) is 30.4 Å². The molecule has 4 unspecified atom stereocenters. The molecule has 1 amide bonds. The molecule has 2 aromatic rings. The van der Waals surface area contributed by atoms with Crippen molar-refractivity contribution in [3.8, 4) is 0 Å². The zero-order valence-corrected chi connectivity index (χ0v) is 15.7. The number of fused-ring (bicyclic) bond motifs is 3. The molecule has 0 spiro atoms. The van der Waals surface area contributed by atoms with Gasteiger partial charge in [0, 0.05) is 18.2 Å². The maximum atomic E-state index is 12.2. The van der Waals surface area contributed by atoms with Crippen LogP contribution in [0.3, 0.4) is 0 Å². The van der Waals surface area contributed by atoms with Gasteiger partial charge in [-0.3, -0.25) is 4.79 Å². The Bertz CT molecular complexity index is 696. The molecule has 1 aromatic heterocycles. The van der Waals surface area contributed by atoms with Gasteiger partial charge in [0.2, 0.25) is 5.91 Å². The van der Waals surface area contributed by atoms with E-state index in [1.807, 2.05) is 18.2 Å². The third-order valence-corrected chi connectivity index (χ3v) is 7.83. The number of thiazole rings is 1. The lowest BCUT2D eigenvalue weighted by Gasteiger charge is -2.28. The van der Waals surface area contributed by atoms with Gasteiger partial charge in [-0.1, -0.05) is 30.3 Å². The molecular weight excluding hydrogens is 336 g/mol. The van der Waals surface area contributed by atoms with Crippen LogP contribution in [0.5, 0.6) is 0 Å². The van der Waals surface area contributed by atoms with Crippen LogP contribution in [0.15, 0.2) is 28.6 Å². The molecule has 1 heterocycles. The molecule has 2 aliphatic rings. The quantitative estimate of drug-likeness (QED) is 0.758. The molecule has 5 heteroatoms. The van der Waals surface area contributed by atoms with Gasteiger partial charge in [0.05, 0.1) is 10.2 Å². The van der Waals surface area contributed by atoms with Crippen LogP contribution in [-0.2, 0) is 4.79 Å². The highest BCUT2D eigenvalue weighted by Gasteiger charge is 2.42. The Morgan fingerprint density at radius 3 is 3.00 bits per heavy atom. The first-order valence-electron chi connectivity index (χ1n) is 8.97. The number of hydrogen-bond donors (Lipinski definition) is 1. The minimum atomic E-state index is 0.193. The summed E-state index contributed by atoms with van der Waals surface area (Å²) in [6, 6.07) is 8.53. The van der Waals surface area contributed by atoms with Crippen LogP contribution in [0, 0.1) is 17.8 Å². The average Bonchev–Trinajstić information content (AvgIpc) is 3.29. The van der Waals surface area contributed by atoms with Crippen molar-refractivity contribution < 1.29 is 4.79 Å². The van der Waals surface area contributed by atoms with Crippen LogP contribution in [0.1, 0.15) is 39.0 Å². The summed E-state index contributed by atoms with van der Waals surface area (Å²) in [6.07, 6.45) is 6.10. The maximum Gasteiger partial charge on any atom is 0.221 e. The fraction of sp³-hybridized carbons (Fsp3) is 0.579. The molecule has 2 fully saturated rings. The van der Waals surface area contributed by atoms with E-state index < -0.39 is 0 Å². The van der Waals surface area contributed by atoms with E-state index >= 15 is 0 Å². The average molecular weight is 361 g/mol. The molecule has 24 heavy (non-hydrogen) atoms. The van der Waals surface area contributed by atoms with Crippen molar-refractivity contribution in [2.45, 2.75) is 49.4 Å². The minimum absolute atomic E-state index is 0.193. The second-order valence-electron chi connectivity index (χ2n) is 7.24. The minimum Gasteiger partial charge on any atom is -0.353 e. The van der Waals surface area contributed by atoms with Crippen molar-refractivity contribution in [1.82, 2.24) is 10.3 Å². The Labute approximate surface area is 151 Å². The van der Waals surface area contributed by atoms with Gasteiger partial charge in [0.1, 0.15) is 0 Å². The number of nitrogens with one attached hydrogen (secondary N) is 1. The van der Waals surface area contributed by atoms with Crippen molar-refractivity contribution in [1.29, 1.82) is 0 Å². The largest absolute Gasteiger partial charge is 0.353 e. The molecule has 2 saturated carbocycles. The van der Waals surface area contributed by atoms with Crippen molar-refractivity contribution in [2.75, 3.05) is 5.75 Å². The van der Waals surface area contributed by atoms with Crippen LogP contribution in [-0.4, -0.2) is 22.7 Å². The van der Waals surface area contributed by atoms with Gasteiger partial charge >= 0.3 is 0 Å². The number of nitrogens with zero attached hydrogens (tertiary/aromatic N) is 1. The number of hydrogen-bond acceptors (Lipinski definition) is 4. The topological polar surface area (TPSA) is 42.0 Å². The van der Waals surface area contributed by atoms with E-state index in [9.17, 15) is 4.79 Å². The maximum absolute atomic E-state index is 12.2. The smallest absolute Gasteiger partial charge is 0.221 e. The summed E-state index contributed by atoms with van der Waals surface area (Å²) in [5.74, 6) is 3.51. The van der Waals surface area contributed by atoms with Crippen LogP contribution in [0.4, 0.5) is 0 Å². The van der Waals surface area contributed by atoms with Crippen molar-refractivity contribution in [3.05, 3.63) is 24.3 Å². The number of carbonyl (C=O) groups excluding carboxylic acids is 1. The van der Waals surface area contributed by atoms with Gasteiger partial charge < -0.3 is 5.32 Å². The summed E-state index contributed by atoms with van der Waals surface area (Å²) in [5, 5.41) is 3.25. The fourth-order valence-electron chi connectivity index (χ4n) is 4.48. The fourth-order valence-corrected chi connectivity index (χ4v) is 6.56. The van der Waals surface area contributed by atoms with Crippen molar-refractivity contribution >= 4 is 39.2 Å². The number of rotatable bonds is 6. The Hall–Kier alpha value is -1.07. The van der Waals surface area contributed by atoms with E-state index in [1.54, 1.807) is 23.1 Å². The predicted octanol–water partition coefficient (Wildman–Crippen LogP) is 4.72. The first-order valence-corrected chi connectivity index (χ1v) is 10.8. The third-order valence-electron chi connectivity index (χ3n) is 5.65. The highest BCUT2D eigenvalue weighted by molar-refractivity contribution is 8.01. The molecule has 0 radical (unpaired) electrons. The number of aromatic nitrogens is 1. The summed E-state index contributed by atoms with van der Waals surface area (Å²) < 4.78 is 2.28. The Morgan fingerprint density at radius 2 is 2.25 bits per heavy atom. The first kappa shape index (κ1) is 16.4. The number of benzene rings is 1. The molecule has 4 atom stereocenters. The molecule has 0 saturated heterocycles. The van der Waals surface area contributed by atoms with Gasteiger partial charge in [-0.15, -0.1) is 11.3 Å². The number of para-hydroxylation sites is 1. The highest BCUT2D eigenvalue weighted by atomic mass is 32.2. The molecular formula is C19H24N2OS2. The Morgan fingerprint density at radius 1 is 1.38 bits per heavy atom. The Balaban J connectivity index is 1.23. The van der Waals surface area contributed by atoms with E-state index in [2.05, 4.69) is 23.3 Å². The van der Waals surface area contributed by atoms with Gasteiger partial charge in [-0.25, -0.2) is 4.98 Å². The second-order valence-corrected chi connectivity index (χ2v) is 9.61. The van der Waals surface area contributed by atoms with E-state index in [0.717, 1.165) is 27.4 Å². The van der Waals surface area contributed by atoms with E-state index in [4.69, 9.17) is 0 Å². The third kappa shape index (κ3) is 3.47. The predicted molar refractivity (Wildman–Crippen MR) is 102 cm³/mol. The molecule has 4 rings (SSSR count).